The number of fused-ring (bicyclic) bond motifs is 1. The number of piperidine rings is 1. The number of nitrogens with zero attached hydrogens (tertiary/aromatic N) is 4. The zero-order chi connectivity index (χ0) is 31.5. The first-order chi connectivity index (χ1) is 20.1. The van der Waals surface area contributed by atoms with Gasteiger partial charge in [0.15, 0.2) is 0 Å². The molecule has 0 radical (unpaired) electrons. The number of hydrogen-bond donors (Lipinski definition) is 2. The molecule has 0 bridgehead atoms. The minimum atomic E-state index is -4.41. The standard InChI is InChI=1S/C27H35F3N6O.C3H8.C2H6/c1-5-8-22(25(37-4)9-6-2)31-13-7-10-21-16-23-24(36(21)19-27(28,29)30)17-33-26(34-23)18-32-20-11-14-35(3)15-12-20;1-3-2;1-2/h5,8-9,16-17,20,31-32H,1,6,11-15,18-19H2,2-4H3;3H2,1-2H3;1-2H3/b22-8+,25-9+;;. The highest BCUT2D eigenvalue weighted by atomic mass is 19.4. The summed E-state index contributed by atoms with van der Waals surface area (Å²) in [4.78, 5) is 11.1. The number of halogens is 3. The second-order valence-corrected chi connectivity index (χ2v) is 9.61. The molecule has 0 saturated carbocycles. The molecule has 1 aliphatic heterocycles. The van der Waals surface area contributed by atoms with Crippen LogP contribution in [0, 0.1) is 11.8 Å². The van der Waals surface area contributed by atoms with Crippen molar-refractivity contribution in [1.29, 1.82) is 0 Å². The van der Waals surface area contributed by atoms with Gasteiger partial charge in [-0.05, 0) is 63.5 Å². The molecule has 2 aromatic heterocycles. The number of aromatic nitrogens is 3. The summed E-state index contributed by atoms with van der Waals surface area (Å²) in [7, 11) is 3.67. The Hall–Kier alpha value is -3.29. The first-order valence-electron chi connectivity index (χ1n) is 14.8. The van der Waals surface area contributed by atoms with Crippen LogP contribution >= 0.6 is 0 Å². The quantitative estimate of drug-likeness (QED) is 0.185. The molecule has 3 heterocycles. The van der Waals surface area contributed by atoms with Gasteiger partial charge in [-0.25, -0.2) is 9.97 Å². The van der Waals surface area contributed by atoms with E-state index in [0.717, 1.165) is 36.9 Å². The molecule has 0 unspecified atom stereocenters. The first-order valence-corrected chi connectivity index (χ1v) is 14.8. The van der Waals surface area contributed by atoms with E-state index in [9.17, 15) is 13.2 Å². The lowest BCUT2D eigenvalue weighted by molar-refractivity contribution is -0.140. The Labute approximate surface area is 250 Å². The normalized spacial score (nSPS) is 14.6. The van der Waals surface area contributed by atoms with E-state index in [2.05, 4.69) is 64.8 Å². The van der Waals surface area contributed by atoms with Crippen molar-refractivity contribution in [3.63, 3.8) is 0 Å². The fourth-order valence-corrected chi connectivity index (χ4v) is 4.17. The summed E-state index contributed by atoms with van der Waals surface area (Å²) in [5.74, 6) is 6.97. The molecule has 42 heavy (non-hydrogen) atoms. The van der Waals surface area contributed by atoms with Crippen LogP contribution in [0.4, 0.5) is 13.2 Å². The van der Waals surface area contributed by atoms with E-state index in [1.807, 2.05) is 26.8 Å². The maximum atomic E-state index is 13.4. The second kappa shape index (κ2) is 19.8. The lowest BCUT2D eigenvalue weighted by Gasteiger charge is -2.29. The van der Waals surface area contributed by atoms with Crippen LogP contribution in [0.1, 0.15) is 71.8 Å². The maximum Gasteiger partial charge on any atom is 0.406 e. The van der Waals surface area contributed by atoms with Crippen LogP contribution in [0.15, 0.2) is 48.5 Å². The number of hydrogen-bond acceptors (Lipinski definition) is 6. The third-order valence-electron chi connectivity index (χ3n) is 6.05. The van der Waals surface area contributed by atoms with Gasteiger partial charge in [-0.15, -0.1) is 0 Å². The van der Waals surface area contributed by atoms with Crippen molar-refractivity contribution in [3.05, 3.63) is 60.0 Å². The Morgan fingerprint density at radius 1 is 1.21 bits per heavy atom. The molecule has 3 rings (SSSR count). The number of ether oxygens (including phenoxy) is 1. The van der Waals surface area contributed by atoms with Crippen molar-refractivity contribution in [2.45, 2.75) is 85.6 Å². The Morgan fingerprint density at radius 2 is 1.88 bits per heavy atom. The van der Waals surface area contributed by atoms with Crippen molar-refractivity contribution in [3.8, 4) is 11.8 Å². The van der Waals surface area contributed by atoms with Crippen LogP contribution < -0.4 is 10.6 Å². The van der Waals surface area contributed by atoms with E-state index >= 15 is 0 Å². The van der Waals surface area contributed by atoms with Gasteiger partial charge in [0.2, 0.25) is 0 Å². The van der Waals surface area contributed by atoms with Crippen LogP contribution in [-0.4, -0.2) is 65.4 Å². The molecule has 0 spiro atoms. The smallest absolute Gasteiger partial charge is 0.406 e. The number of likely N-dealkylation sites (tertiary alicyclic amines) is 1. The lowest BCUT2D eigenvalue weighted by Crippen LogP contribution is -2.40. The third kappa shape index (κ3) is 12.7. The van der Waals surface area contributed by atoms with E-state index in [0.29, 0.717) is 40.9 Å². The molecule has 1 aliphatic rings. The summed E-state index contributed by atoms with van der Waals surface area (Å²) < 4.78 is 46.6. The SMILES string of the molecule is C=C/C=C(NCC#Cc1cc2nc(CNC3CCN(C)CC3)ncc2n1CC(F)(F)F)\C(=C/CC)OC.CC.CCC. The Kier molecular flexibility index (Phi) is 17.3. The molecule has 7 nitrogen and oxygen atoms in total. The predicted octanol–water partition coefficient (Wildman–Crippen LogP) is 6.57. The number of allylic oxidation sites excluding steroid dienone is 3. The molecule has 234 valence electrons. The summed E-state index contributed by atoms with van der Waals surface area (Å²) in [6.45, 7) is 15.5. The molecule has 1 fully saturated rings. The zero-order valence-corrected chi connectivity index (χ0v) is 26.4. The highest BCUT2D eigenvalue weighted by Gasteiger charge is 2.30. The highest BCUT2D eigenvalue weighted by molar-refractivity contribution is 5.77. The summed E-state index contributed by atoms with van der Waals surface area (Å²) in [6, 6.07) is 1.97. The zero-order valence-electron chi connectivity index (χ0n) is 26.4. The van der Waals surface area contributed by atoms with Gasteiger partial charge in [0, 0.05) is 6.04 Å². The van der Waals surface area contributed by atoms with Crippen LogP contribution in [0.3, 0.4) is 0 Å². The monoisotopic (exact) mass is 590 g/mol. The summed E-state index contributed by atoms with van der Waals surface area (Å²) in [6.07, 6.45) is 6.44. The van der Waals surface area contributed by atoms with Gasteiger partial charge >= 0.3 is 6.18 Å². The van der Waals surface area contributed by atoms with Gasteiger partial charge in [-0.3, -0.25) is 0 Å². The molecule has 2 aromatic rings. The Morgan fingerprint density at radius 3 is 2.45 bits per heavy atom. The van der Waals surface area contributed by atoms with Gasteiger partial charge in [-0.1, -0.05) is 59.6 Å². The number of nitrogens with one attached hydrogen (secondary N) is 2. The van der Waals surface area contributed by atoms with Gasteiger partial charge in [0.1, 0.15) is 18.1 Å². The summed E-state index contributed by atoms with van der Waals surface area (Å²) in [5, 5.41) is 6.61. The molecular formula is C32H49F3N6O. The minimum Gasteiger partial charge on any atom is -0.495 e. The topological polar surface area (TPSA) is 67.2 Å². The molecule has 0 atom stereocenters. The van der Waals surface area contributed by atoms with Crippen LogP contribution in [0.25, 0.3) is 11.0 Å². The molecule has 1 saturated heterocycles. The second-order valence-electron chi connectivity index (χ2n) is 9.61. The summed E-state index contributed by atoms with van der Waals surface area (Å²) in [5.41, 5.74) is 1.67. The average molecular weight is 591 g/mol. The van der Waals surface area contributed by atoms with E-state index in [-0.39, 0.29) is 12.2 Å². The highest BCUT2D eigenvalue weighted by Crippen LogP contribution is 2.24. The van der Waals surface area contributed by atoms with Crippen molar-refractivity contribution < 1.29 is 17.9 Å². The average Bonchev–Trinajstić information content (AvgIpc) is 3.29. The van der Waals surface area contributed by atoms with Crippen LogP contribution in [0.5, 0.6) is 0 Å². The Balaban J connectivity index is 0.00000165. The largest absolute Gasteiger partial charge is 0.495 e. The van der Waals surface area contributed by atoms with Crippen LogP contribution in [0.2, 0.25) is 0 Å². The van der Waals surface area contributed by atoms with E-state index in [1.165, 1.54) is 12.6 Å². The van der Waals surface area contributed by atoms with E-state index in [1.54, 1.807) is 25.3 Å². The first kappa shape index (κ1) is 36.7. The molecule has 0 aliphatic carbocycles. The third-order valence-corrected chi connectivity index (χ3v) is 6.05. The van der Waals surface area contributed by atoms with Crippen molar-refractivity contribution >= 4 is 11.0 Å². The number of rotatable bonds is 10. The molecular weight excluding hydrogens is 541 g/mol. The summed E-state index contributed by atoms with van der Waals surface area (Å²) >= 11 is 0. The number of methoxy groups -OCH3 is 1. The molecule has 2 N–H and O–H groups in total. The predicted molar refractivity (Wildman–Crippen MR) is 167 cm³/mol. The van der Waals surface area contributed by atoms with Crippen LogP contribution in [-0.2, 0) is 17.8 Å². The van der Waals surface area contributed by atoms with Gasteiger partial charge in [-0.2, -0.15) is 13.2 Å². The van der Waals surface area contributed by atoms with Gasteiger partial charge in [0.25, 0.3) is 0 Å². The van der Waals surface area contributed by atoms with E-state index < -0.39 is 12.7 Å². The van der Waals surface area contributed by atoms with Crippen molar-refractivity contribution in [1.82, 2.24) is 30.1 Å². The fourth-order valence-electron chi connectivity index (χ4n) is 4.17. The molecule has 10 heteroatoms. The van der Waals surface area contributed by atoms with Gasteiger partial charge < -0.3 is 24.8 Å². The maximum absolute atomic E-state index is 13.4. The van der Waals surface area contributed by atoms with Crippen molar-refractivity contribution in [2.24, 2.45) is 0 Å². The molecule has 0 aromatic carbocycles. The van der Waals surface area contributed by atoms with Gasteiger partial charge in [0.05, 0.1) is 48.8 Å². The Bertz CT molecular complexity index is 1200. The number of alkyl halides is 3. The fraction of sp³-hybridized carbons (Fsp3) is 0.562. The van der Waals surface area contributed by atoms with Crippen molar-refractivity contribution in [2.75, 3.05) is 33.8 Å². The van der Waals surface area contributed by atoms with E-state index in [4.69, 9.17) is 4.74 Å². The molecule has 0 amide bonds. The minimum absolute atomic E-state index is 0.203. The lowest BCUT2D eigenvalue weighted by atomic mass is 10.1.